The highest BCUT2D eigenvalue weighted by atomic mass is 32.2. The Kier molecular flexibility index (Phi) is 11.4. The van der Waals surface area contributed by atoms with Gasteiger partial charge in [0.15, 0.2) is 0 Å². The number of hydrogen-bond donors (Lipinski definition) is 3. The van der Waals surface area contributed by atoms with Crippen LogP contribution in [0.5, 0.6) is 0 Å². The van der Waals surface area contributed by atoms with Gasteiger partial charge in [-0.3, -0.25) is 19.3 Å². The second-order valence-corrected chi connectivity index (χ2v) is 18.9. The van der Waals surface area contributed by atoms with Crippen molar-refractivity contribution in [1.29, 1.82) is 0 Å². The molecule has 55 heavy (non-hydrogen) atoms. The number of allylic oxidation sites excluding steroid dienone is 1. The van der Waals surface area contributed by atoms with Gasteiger partial charge in [-0.05, 0) is 83.6 Å². The van der Waals surface area contributed by atoms with Gasteiger partial charge in [-0.15, -0.1) is 11.3 Å². The summed E-state index contributed by atoms with van der Waals surface area (Å²) < 4.78 is 54.6. The van der Waals surface area contributed by atoms with E-state index in [1.165, 1.54) is 21.9 Å². The van der Waals surface area contributed by atoms with Crippen molar-refractivity contribution in [3.05, 3.63) is 63.8 Å². The number of ether oxygens (including phenoxy) is 2. The zero-order valence-electron chi connectivity index (χ0n) is 31.6. The van der Waals surface area contributed by atoms with Gasteiger partial charge in [-0.2, -0.15) is 0 Å². The van der Waals surface area contributed by atoms with Gasteiger partial charge in [0.25, 0.3) is 15.9 Å². The third-order valence-electron chi connectivity index (χ3n) is 10.4. The first-order valence-electron chi connectivity index (χ1n) is 18.5. The topological polar surface area (TPSA) is 181 Å². The number of carbonyl (C=O) groups excluding carboxylic acids is 5. The Bertz CT molecular complexity index is 1990. The van der Waals surface area contributed by atoms with Crippen LogP contribution in [0.15, 0.2) is 40.6 Å². The van der Waals surface area contributed by atoms with E-state index in [1.807, 2.05) is 6.08 Å². The van der Waals surface area contributed by atoms with Crippen molar-refractivity contribution < 1.29 is 46.3 Å². The summed E-state index contributed by atoms with van der Waals surface area (Å²) in [5.41, 5.74) is -0.702. The molecule has 1 aromatic heterocycles. The number of halogens is 1. The lowest BCUT2D eigenvalue weighted by atomic mass is 10.0. The average molecular weight is 802 g/mol. The third-order valence-corrected chi connectivity index (χ3v) is 13.4. The fourth-order valence-electron chi connectivity index (χ4n) is 7.28. The molecule has 5 amide bonds. The number of thiophene rings is 1. The van der Waals surface area contributed by atoms with Gasteiger partial charge in [0.05, 0.1) is 13.1 Å². The number of nitrogens with zero attached hydrogens (tertiary/aromatic N) is 2. The van der Waals surface area contributed by atoms with Crippen LogP contribution in [0, 0.1) is 25.6 Å². The Morgan fingerprint density at radius 3 is 2.55 bits per heavy atom. The maximum atomic E-state index is 14.5. The van der Waals surface area contributed by atoms with Crippen LogP contribution in [0.2, 0.25) is 0 Å². The van der Waals surface area contributed by atoms with E-state index in [9.17, 15) is 36.8 Å². The standard InChI is InChI=1S/C38H48FN5O9S2/c1-22-16-31(54-23(22)2)55(50,51)42-34(47)38-18-25(38)13-9-7-6-8-10-15-29(40-35(48)53-37(3,4)5)33(46)44-20-26(17-30(44)32(45)41-38)52-36(49)43-19-24-12-11-14-28(39)27(24)21-43/h9,11-14,16,25-26,29-30H,6-8,10,15,17-21H2,1-5H3,(H,40,48)(H,41,45)(H,42,47)/b13-9-/t25-,26-,29+,30+,38-/m1/s1. The molecule has 5 atom stereocenters. The molecule has 17 heteroatoms. The zero-order valence-corrected chi connectivity index (χ0v) is 33.2. The van der Waals surface area contributed by atoms with E-state index in [0.717, 1.165) is 28.2 Å². The molecule has 4 heterocycles. The molecule has 3 N–H and O–H groups in total. The van der Waals surface area contributed by atoms with Crippen LogP contribution >= 0.6 is 11.3 Å². The molecule has 1 aromatic carbocycles. The molecule has 6 rings (SSSR count). The molecule has 0 unspecified atom stereocenters. The van der Waals surface area contributed by atoms with Gasteiger partial charge in [0.1, 0.15) is 39.4 Å². The fraction of sp³-hybridized carbons (Fsp3) is 0.553. The van der Waals surface area contributed by atoms with Crippen LogP contribution in [-0.4, -0.2) is 84.0 Å². The molecule has 1 saturated carbocycles. The van der Waals surface area contributed by atoms with Crippen LogP contribution in [0.1, 0.15) is 87.3 Å². The van der Waals surface area contributed by atoms with Gasteiger partial charge < -0.3 is 25.0 Å². The van der Waals surface area contributed by atoms with E-state index >= 15 is 0 Å². The monoisotopic (exact) mass is 801 g/mol. The normalized spacial score (nSPS) is 26.4. The number of sulfonamides is 1. The lowest BCUT2D eigenvalue weighted by Gasteiger charge is -2.30. The Balaban J connectivity index is 1.27. The molecule has 0 bridgehead atoms. The highest BCUT2D eigenvalue weighted by Gasteiger charge is 2.62. The molecule has 0 spiro atoms. The summed E-state index contributed by atoms with van der Waals surface area (Å²) in [6.07, 6.45) is 4.00. The predicted octanol–water partition coefficient (Wildman–Crippen LogP) is 4.72. The summed E-state index contributed by atoms with van der Waals surface area (Å²) in [7, 11) is -4.28. The molecule has 2 aromatic rings. The zero-order chi connectivity index (χ0) is 39.9. The summed E-state index contributed by atoms with van der Waals surface area (Å²) >= 11 is 1.03. The SMILES string of the molecule is Cc1cc(S(=O)(=O)NC(=O)[C@@]23C[C@H]2/C=C\CCCCC[C@H](NC(=O)OC(C)(C)C)C(=O)N2C[C@H](OC(=O)N4Cc5cccc(F)c5C4)C[C@H]2C(=O)N3)sc1C. The Hall–Kier alpha value is -4.51. The molecule has 1 saturated heterocycles. The summed E-state index contributed by atoms with van der Waals surface area (Å²) in [5.74, 6) is -3.23. The van der Waals surface area contributed by atoms with E-state index in [0.29, 0.717) is 30.4 Å². The number of amides is 5. The summed E-state index contributed by atoms with van der Waals surface area (Å²) in [6.45, 7) is 8.51. The van der Waals surface area contributed by atoms with E-state index < -0.39 is 81.0 Å². The Morgan fingerprint density at radius 1 is 1.09 bits per heavy atom. The van der Waals surface area contributed by atoms with Crippen molar-refractivity contribution in [1.82, 2.24) is 25.2 Å². The predicted molar refractivity (Wildman–Crippen MR) is 200 cm³/mol. The Labute approximate surface area is 324 Å². The first-order valence-corrected chi connectivity index (χ1v) is 20.8. The van der Waals surface area contributed by atoms with Crippen LogP contribution in [0.3, 0.4) is 0 Å². The van der Waals surface area contributed by atoms with Gasteiger partial charge in [-0.1, -0.05) is 37.1 Å². The number of nitrogens with one attached hydrogen (secondary N) is 3. The molecule has 298 valence electrons. The van der Waals surface area contributed by atoms with Gasteiger partial charge in [0, 0.05) is 29.3 Å². The van der Waals surface area contributed by atoms with Crippen molar-refractivity contribution in [3.63, 3.8) is 0 Å². The van der Waals surface area contributed by atoms with E-state index in [2.05, 4.69) is 15.4 Å². The van der Waals surface area contributed by atoms with Crippen LogP contribution < -0.4 is 15.4 Å². The number of carbonyl (C=O) groups is 5. The van der Waals surface area contributed by atoms with Gasteiger partial charge in [-0.25, -0.2) is 27.1 Å². The first-order chi connectivity index (χ1) is 25.9. The molecule has 2 fully saturated rings. The number of hydrogen-bond acceptors (Lipinski definition) is 10. The number of benzene rings is 1. The van der Waals surface area contributed by atoms with Crippen molar-refractivity contribution >= 4 is 51.3 Å². The number of alkyl carbamates (subject to hydrolysis) is 1. The summed E-state index contributed by atoms with van der Waals surface area (Å²) in [4.78, 5) is 72.3. The van der Waals surface area contributed by atoms with Gasteiger partial charge >= 0.3 is 12.2 Å². The van der Waals surface area contributed by atoms with Crippen molar-refractivity contribution in [2.24, 2.45) is 5.92 Å². The molecule has 14 nitrogen and oxygen atoms in total. The minimum Gasteiger partial charge on any atom is -0.444 e. The van der Waals surface area contributed by atoms with Crippen molar-refractivity contribution in [3.8, 4) is 0 Å². The fourth-order valence-corrected chi connectivity index (χ4v) is 9.83. The van der Waals surface area contributed by atoms with E-state index in [4.69, 9.17) is 9.47 Å². The highest BCUT2D eigenvalue weighted by Crippen LogP contribution is 2.46. The van der Waals surface area contributed by atoms with Crippen LogP contribution in [0.25, 0.3) is 0 Å². The number of aryl methyl sites for hydroxylation is 2. The minimum absolute atomic E-state index is 0.0118. The quantitative estimate of drug-likeness (QED) is 0.361. The summed E-state index contributed by atoms with van der Waals surface area (Å²) in [5, 5.41) is 5.46. The lowest BCUT2D eigenvalue weighted by molar-refractivity contribution is -0.141. The Morgan fingerprint density at radius 2 is 1.85 bits per heavy atom. The first kappa shape index (κ1) is 40.2. The molecule has 1 aliphatic carbocycles. The average Bonchev–Trinajstić information content (AvgIpc) is 3.39. The number of rotatable bonds is 5. The van der Waals surface area contributed by atoms with Crippen molar-refractivity contribution in [2.75, 3.05) is 6.54 Å². The molecule has 0 radical (unpaired) electrons. The minimum atomic E-state index is -4.28. The smallest absolute Gasteiger partial charge is 0.410 e. The largest absolute Gasteiger partial charge is 0.444 e. The second kappa shape index (κ2) is 15.6. The van der Waals surface area contributed by atoms with Crippen LogP contribution in [0.4, 0.5) is 14.0 Å². The van der Waals surface area contributed by atoms with Crippen molar-refractivity contribution in [2.45, 2.75) is 126 Å². The maximum Gasteiger partial charge on any atom is 0.410 e. The van der Waals surface area contributed by atoms with E-state index in [1.54, 1.807) is 52.8 Å². The number of fused-ring (bicyclic) bond motifs is 3. The van der Waals surface area contributed by atoms with E-state index in [-0.39, 0.29) is 43.1 Å². The molecule has 4 aliphatic rings. The molecular weight excluding hydrogens is 754 g/mol. The second-order valence-electron chi connectivity index (χ2n) is 15.8. The highest BCUT2D eigenvalue weighted by molar-refractivity contribution is 7.92. The molecule has 3 aliphatic heterocycles. The third kappa shape index (κ3) is 8.98. The van der Waals surface area contributed by atoms with Crippen LogP contribution in [-0.2, 0) is 47.0 Å². The maximum absolute atomic E-state index is 14.5. The summed E-state index contributed by atoms with van der Waals surface area (Å²) in [6, 6.07) is 3.72. The van der Waals surface area contributed by atoms with Gasteiger partial charge in [0.2, 0.25) is 11.8 Å². The molecular formula is C38H48FN5O9S2. The lowest BCUT2D eigenvalue weighted by Crippen LogP contribution is -2.58.